The van der Waals surface area contributed by atoms with E-state index in [-0.39, 0.29) is 23.3 Å². The van der Waals surface area contributed by atoms with Gasteiger partial charge in [0.2, 0.25) is 11.9 Å². The van der Waals surface area contributed by atoms with E-state index < -0.39 is 0 Å². The molecule has 2 aromatic heterocycles. The van der Waals surface area contributed by atoms with Crippen molar-refractivity contribution in [2.75, 3.05) is 31.1 Å². The third-order valence-corrected chi connectivity index (χ3v) is 7.11. The maximum atomic E-state index is 12.5. The molecule has 2 fully saturated rings. The van der Waals surface area contributed by atoms with Crippen LogP contribution in [-0.4, -0.2) is 53.0 Å². The molecule has 4 rings (SSSR count). The van der Waals surface area contributed by atoms with Gasteiger partial charge in [0.1, 0.15) is 0 Å². The predicted molar refractivity (Wildman–Crippen MR) is 117 cm³/mol. The molecule has 7 heteroatoms. The van der Waals surface area contributed by atoms with Gasteiger partial charge < -0.3 is 10.2 Å². The molecule has 6 nitrogen and oxygen atoms in total. The minimum atomic E-state index is 0.00846. The summed E-state index contributed by atoms with van der Waals surface area (Å²) in [5.74, 6) is 0.973. The average molecular weight is 414 g/mol. The van der Waals surface area contributed by atoms with E-state index in [1.54, 1.807) is 0 Å². The number of likely N-dealkylation sites (tertiary alicyclic amines) is 1. The van der Waals surface area contributed by atoms with Crippen molar-refractivity contribution in [3.63, 3.8) is 0 Å². The Morgan fingerprint density at radius 1 is 1.31 bits per heavy atom. The first-order valence-corrected chi connectivity index (χ1v) is 11.4. The summed E-state index contributed by atoms with van der Waals surface area (Å²) in [5.41, 5.74) is 1.11. The summed E-state index contributed by atoms with van der Waals surface area (Å²) in [6, 6.07) is 4.53. The first-order chi connectivity index (χ1) is 13.9. The number of aryl methyl sites for hydroxylation is 1. The van der Waals surface area contributed by atoms with Gasteiger partial charge >= 0.3 is 0 Å². The number of thiophene rings is 1. The number of hydrogen-bond donors (Lipinski definition) is 1. The Bertz CT molecular complexity index is 822. The van der Waals surface area contributed by atoms with Crippen molar-refractivity contribution in [2.45, 2.75) is 46.2 Å². The lowest BCUT2D eigenvalue weighted by molar-refractivity contribution is -0.125. The molecule has 156 valence electrons. The zero-order valence-electron chi connectivity index (χ0n) is 17.6. The number of amides is 1. The molecule has 0 bridgehead atoms. The van der Waals surface area contributed by atoms with Gasteiger partial charge in [0, 0.05) is 60.8 Å². The Morgan fingerprint density at radius 3 is 2.79 bits per heavy atom. The molecule has 1 N–H and O–H groups in total. The van der Waals surface area contributed by atoms with Crippen molar-refractivity contribution < 1.29 is 4.79 Å². The molecule has 2 saturated heterocycles. The molecular weight excluding hydrogens is 382 g/mol. The van der Waals surface area contributed by atoms with E-state index in [1.165, 1.54) is 4.88 Å². The molecule has 4 heterocycles. The predicted octanol–water partition coefficient (Wildman–Crippen LogP) is 3.09. The first kappa shape index (κ1) is 20.3. The topological polar surface area (TPSA) is 61.4 Å². The zero-order valence-corrected chi connectivity index (χ0v) is 18.4. The van der Waals surface area contributed by atoms with Crippen LogP contribution in [-0.2, 0) is 11.3 Å². The van der Waals surface area contributed by atoms with Crippen LogP contribution < -0.4 is 10.2 Å². The van der Waals surface area contributed by atoms with E-state index in [9.17, 15) is 4.79 Å². The van der Waals surface area contributed by atoms with Crippen molar-refractivity contribution in [3.8, 4) is 0 Å². The standard InChI is InChI=1S/C22H31N5OS/c1-16(2)20(28)25-19-6-8-27(21-23-11-17(3)12-24-21)15-22(19)7-9-26(14-22)13-18-5-4-10-29-18/h4-5,10-12,16,19H,6-9,13-15H2,1-3H3,(H,25,28). The Labute approximate surface area is 177 Å². The largest absolute Gasteiger partial charge is 0.352 e. The summed E-state index contributed by atoms with van der Waals surface area (Å²) in [7, 11) is 0. The Balaban J connectivity index is 1.53. The van der Waals surface area contributed by atoms with Crippen molar-refractivity contribution in [3.05, 3.63) is 40.3 Å². The Hall–Kier alpha value is -1.99. The third-order valence-electron chi connectivity index (χ3n) is 6.25. The van der Waals surface area contributed by atoms with Gasteiger partial charge in [-0.1, -0.05) is 19.9 Å². The van der Waals surface area contributed by atoms with E-state index in [4.69, 9.17) is 0 Å². The van der Waals surface area contributed by atoms with Gasteiger partial charge in [-0.2, -0.15) is 0 Å². The van der Waals surface area contributed by atoms with Crippen LogP contribution in [0.3, 0.4) is 0 Å². The second-order valence-electron chi connectivity index (χ2n) is 8.89. The van der Waals surface area contributed by atoms with Crippen molar-refractivity contribution >= 4 is 23.2 Å². The van der Waals surface area contributed by atoms with Crippen LogP contribution >= 0.6 is 11.3 Å². The fraction of sp³-hybridized carbons (Fsp3) is 0.591. The maximum absolute atomic E-state index is 12.5. The summed E-state index contributed by atoms with van der Waals surface area (Å²) in [5, 5.41) is 5.52. The lowest BCUT2D eigenvalue weighted by atomic mass is 9.74. The van der Waals surface area contributed by atoms with Crippen LogP contribution in [0.2, 0.25) is 0 Å². The smallest absolute Gasteiger partial charge is 0.225 e. The van der Waals surface area contributed by atoms with Crippen LogP contribution in [0.15, 0.2) is 29.9 Å². The molecule has 29 heavy (non-hydrogen) atoms. The van der Waals surface area contributed by atoms with Crippen LogP contribution in [0.1, 0.15) is 37.1 Å². The van der Waals surface area contributed by atoms with Gasteiger partial charge in [-0.25, -0.2) is 9.97 Å². The van der Waals surface area contributed by atoms with Crippen LogP contribution in [0.25, 0.3) is 0 Å². The number of carbonyl (C=O) groups is 1. The second-order valence-corrected chi connectivity index (χ2v) is 9.92. The van der Waals surface area contributed by atoms with Gasteiger partial charge in [-0.15, -0.1) is 11.3 Å². The van der Waals surface area contributed by atoms with Gasteiger partial charge in [0.05, 0.1) is 0 Å². The van der Waals surface area contributed by atoms with Gasteiger partial charge in [-0.05, 0) is 43.3 Å². The summed E-state index contributed by atoms with van der Waals surface area (Å²) in [6.07, 6.45) is 5.80. The van der Waals surface area contributed by atoms with Crippen LogP contribution in [0.4, 0.5) is 5.95 Å². The molecule has 2 aliphatic rings. The van der Waals surface area contributed by atoms with Crippen LogP contribution in [0, 0.1) is 18.3 Å². The van der Waals surface area contributed by atoms with Gasteiger partial charge in [0.25, 0.3) is 0 Å². The van der Waals surface area contributed by atoms with Gasteiger partial charge in [-0.3, -0.25) is 9.69 Å². The molecule has 1 amide bonds. The van der Waals surface area contributed by atoms with E-state index >= 15 is 0 Å². The summed E-state index contributed by atoms with van der Waals surface area (Å²) < 4.78 is 0. The molecule has 1 spiro atoms. The number of carbonyl (C=O) groups excluding carboxylic acids is 1. The number of hydrogen-bond acceptors (Lipinski definition) is 6. The zero-order chi connectivity index (χ0) is 20.4. The minimum Gasteiger partial charge on any atom is -0.352 e. The molecule has 0 aromatic carbocycles. The van der Waals surface area contributed by atoms with E-state index in [2.05, 4.69) is 42.6 Å². The summed E-state index contributed by atoms with van der Waals surface area (Å²) >= 11 is 1.82. The molecular formula is C22H31N5OS. The summed E-state index contributed by atoms with van der Waals surface area (Å²) in [6.45, 7) is 10.8. The van der Waals surface area contributed by atoms with Crippen molar-refractivity contribution in [2.24, 2.45) is 11.3 Å². The van der Waals surface area contributed by atoms with Gasteiger partial charge in [0.15, 0.2) is 0 Å². The number of nitrogens with zero attached hydrogens (tertiary/aromatic N) is 4. The van der Waals surface area contributed by atoms with E-state index in [1.807, 2.05) is 44.5 Å². The molecule has 0 saturated carbocycles. The summed E-state index contributed by atoms with van der Waals surface area (Å²) in [4.78, 5) is 27.9. The van der Waals surface area contributed by atoms with Crippen LogP contribution in [0.5, 0.6) is 0 Å². The third kappa shape index (κ3) is 4.46. The Kier molecular flexibility index (Phi) is 5.88. The van der Waals surface area contributed by atoms with Crippen molar-refractivity contribution in [1.82, 2.24) is 20.2 Å². The highest BCUT2D eigenvalue weighted by Crippen LogP contribution is 2.41. The fourth-order valence-corrected chi connectivity index (χ4v) is 5.35. The molecule has 2 atom stereocenters. The number of aromatic nitrogens is 2. The second kappa shape index (κ2) is 8.40. The van der Waals surface area contributed by atoms with Crippen molar-refractivity contribution in [1.29, 1.82) is 0 Å². The number of rotatable bonds is 5. The number of anilines is 1. The lowest BCUT2D eigenvalue weighted by Crippen LogP contribution is -2.60. The first-order valence-electron chi connectivity index (χ1n) is 10.5. The molecule has 2 aromatic rings. The fourth-order valence-electron chi connectivity index (χ4n) is 4.60. The molecule has 2 unspecified atom stereocenters. The number of nitrogens with one attached hydrogen (secondary N) is 1. The number of piperidine rings is 1. The monoisotopic (exact) mass is 413 g/mol. The Morgan fingerprint density at radius 2 is 2.10 bits per heavy atom. The quantitative estimate of drug-likeness (QED) is 0.816. The van der Waals surface area contributed by atoms with E-state index in [0.717, 1.165) is 57.1 Å². The normalized spacial score (nSPS) is 25.1. The maximum Gasteiger partial charge on any atom is 0.225 e. The highest BCUT2D eigenvalue weighted by Gasteiger charge is 2.49. The average Bonchev–Trinajstić information content (AvgIpc) is 3.35. The minimum absolute atomic E-state index is 0.00846. The molecule has 0 aliphatic carbocycles. The molecule has 0 radical (unpaired) electrons. The molecule has 2 aliphatic heterocycles. The highest BCUT2D eigenvalue weighted by molar-refractivity contribution is 7.09. The van der Waals surface area contributed by atoms with E-state index in [0.29, 0.717) is 0 Å². The highest BCUT2D eigenvalue weighted by atomic mass is 32.1. The lowest BCUT2D eigenvalue weighted by Gasteiger charge is -2.46. The SMILES string of the molecule is Cc1cnc(N2CCC(NC(=O)C(C)C)C3(CCN(Cc4cccs4)C3)C2)nc1.